The fraction of sp³-hybridized carbons (Fsp3) is 0.737. The molecule has 2 aliphatic carbocycles. The highest BCUT2D eigenvalue weighted by Crippen LogP contribution is 2.27. The number of amides is 2. The molecule has 0 saturated heterocycles. The predicted octanol–water partition coefficient (Wildman–Crippen LogP) is 3.40. The highest BCUT2D eigenvalue weighted by molar-refractivity contribution is 7.07. The number of rotatable bonds is 6. The molecule has 0 atom stereocenters. The van der Waals surface area contributed by atoms with Gasteiger partial charge in [-0.25, -0.2) is 4.98 Å². The van der Waals surface area contributed by atoms with Gasteiger partial charge in [0.25, 0.3) is 0 Å². The first-order chi connectivity index (χ1) is 12.2. The van der Waals surface area contributed by atoms with Crippen LogP contribution in [-0.2, 0) is 16.1 Å². The van der Waals surface area contributed by atoms with Gasteiger partial charge >= 0.3 is 0 Å². The first kappa shape index (κ1) is 18.4. The third-order valence-corrected chi connectivity index (χ3v) is 6.22. The van der Waals surface area contributed by atoms with Crippen molar-refractivity contribution in [2.24, 2.45) is 11.8 Å². The number of hydrogen-bond donors (Lipinski definition) is 2. The van der Waals surface area contributed by atoms with E-state index in [9.17, 15) is 9.59 Å². The molecule has 0 spiro atoms. The summed E-state index contributed by atoms with van der Waals surface area (Å²) in [7, 11) is 0. The Bertz CT molecular complexity index is 547. The molecule has 0 unspecified atom stereocenters. The van der Waals surface area contributed by atoms with E-state index in [0.29, 0.717) is 18.9 Å². The molecule has 0 aliphatic heterocycles. The van der Waals surface area contributed by atoms with Gasteiger partial charge in [-0.05, 0) is 44.4 Å². The van der Waals surface area contributed by atoms with Gasteiger partial charge in [-0.3, -0.25) is 9.59 Å². The van der Waals surface area contributed by atoms with Crippen LogP contribution in [0.15, 0.2) is 10.9 Å². The second-order valence-corrected chi connectivity index (χ2v) is 8.24. The molecule has 2 aliphatic rings. The number of thiazole rings is 1. The molecule has 3 rings (SSSR count). The van der Waals surface area contributed by atoms with Crippen LogP contribution in [0.3, 0.4) is 0 Å². The van der Waals surface area contributed by atoms with Crippen molar-refractivity contribution in [3.8, 4) is 0 Å². The summed E-state index contributed by atoms with van der Waals surface area (Å²) in [4.78, 5) is 28.7. The standard InChI is InChI=1S/C19H29N3O2S/c23-18(10-14-4-2-1-3-5-14)22-16-8-6-15(7-9-16)19(24)20-11-17-12-25-13-21-17/h12-16H,1-11H2,(H,20,24)(H,22,23). The summed E-state index contributed by atoms with van der Waals surface area (Å²) in [5.41, 5.74) is 2.70. The largest absolute Gasteiger partial charge is 0.353 e. The maximum absolute atomic E-state index is 12.3. The van der Waals surface area contributed by atoms with Crippen LogP contribution in [0.1, 0.15) is 69.9 Å². The van der Waals surface area contributed by atoms with E-state index in [0.717, 1.165) is 31.4 Å². The highest BCUT2D eigenvalue weighted by atomic mass is 32.1. The van der Waals surface area contributed by atoms with E-state index in [1.165, 1.54) is 32.1 Å². The Morgan fingerprint density at radius 2 is 1.84 bits per heavy atom. The van der Waals surface area contributed by atoms with Crippen LogP contribution in [0.25, 0.3) is 0 Å². The summed E-state index contributed by atoms with van der Waals surface area (Å²) in [6.07, 6.45) is 10.5. The van der Waals surface area contributed by atoms with E-state index < -0.39 is 0 Å². The number of carbonyl (C=O) groups excluding carboxylic acids is 2. The van der Waals surface area contributed by atoms with Gasteiger partial charge in [0.1, 0.15) is 0 Å². The molecule has 2 fully saturated rings. The zero-order chi connectivity index (χ0) is 17.5. The molecular formula is C19H29N3O2S. The molecule has 1 aromatic heterocycles. The van der Waals surface area contributed by atoms with Gasteiger partial charge in [0.05, 0.1) is 17.7 Å². The molecule has 0 aromatic carbocycles. The fourth-order valence-electron chi connectivity index (χ4n) is 4.09. The lowest BCUT2D eigenvalue weighted by molar-refractivity contribution is -0.126. The summed E-state index contributed by atoms with van der Waals surface area (Å²) in [5.74, 6) is 0.995. The summed E-state index contributed by atoms with van der Waals surface area (Å²) in [6, 6.07) is 0.249. The van der Waals surface area contributed by atoms with E-state index in [2.05, 4.69) is 15.6 Å². The first-order valence-corrected chi connectivity index (χ1v) is 10.6. The summed E-state index contributed by atoms with van der Waals surface area (Å²) in [6.45, 7) is 0.514. The van der Waals surface area contributed by atoms with Crippen molar-refractivity contribution >= 4 is 23.2 Å². The van der Waals surface area contributed by atoms with E-state index in [-0.39, 0.29) is 23.8 Å². The summed E-state index contributed by atoms with van der Waals surface area (Å²) in [5, 5.41) is 8.14. The van der Waals surface area contributed by atoms with Crippen LogP contribution in [0.4, 0.5) is 0 Å². The third kappa shape index (κ3) is 5.80. The predicted molar refractivity (Wildman–Crippen MR) is 99.0 cm³/mol. The average molecular weight is 364 g/mol. The molecule has 1 aromatic rings. The van der Waals surface area contributed by atoms with Crippen LogP contribution in [0, 0.1) is 11.8 Å². The highest BCUT2D eigenvalue weighted by Gasteiger charge is 2.27. The molecule has 2 N–H and O–H groups in total. The summed E-state index contributed by atoms with van der Waals surface area (Å²) >= 11 is 1.54. The Labute approximate surface area is 154 Å². The average Bonchev–Trinajstić information content (AvgIpc) is 3.14. The number of nitrogens with zero attached hydrogens (tertiary/aromatic N) is 1. The van der Waals surface area contributed by atoms with Crippen LogP contribution in [0.5, 0.6) is 0 Å². The van der Waals surface area contributed by atoms with Gasteiger partial charge in [0.15, 0.2) is 0 Å². The van der Waals surface area contributed by atoms with E-state index in [1.54, 1.807) is 16.8 Å². The second kappa shape index (κ2) is 9.32. The van der Waals surface area contributed by atoms with Gasteiger partial charge in [-0.1, -0.05) is 19.3 Å². The number of nitrogens with one attached hydrogen (secondary N) is 2. The molecule has 0 radical (unpaired) electrons. The van der Waals surface area contributed by atoms with Gasteiger partial charge in [-0.15, -0.1) is 11.3 Å². The molecule has 2 amide bonds. The Morgan fingerprint density at radius 1 is 1.08 bits per heavy atom. The van der Waals surface area contributed by atoms with Crippen molar-refractivity contribution in [3.63, 3.8) is 0 Å². The van der Waals surface area contributed by atoms with Crippen LogP contribution in [-0.4, -0.2) is 22.8 Å². The number of carbonyl (C=O) groups is 2. The number of hydrogen-bond acceptors (Lipinski definition) is 4. The molecule has 2 saturated carbocycles. The second-order valence-electron chi connectivity index (χ2n) is 7.52. The minimum absolute atomic E-state index is 0.0742. The normalized spacial score (nSPS) is 24.6. The Kier molecular flexibility index (Phi) is 6.84. The van der Waals surface area contributed by atoms with Gasteiger partial charge in [0, 0.05) is 23.8 Å². The minimum atomic E-state index is 0.0742. The van der Waals surface area contributed by atoms with Crippen LogP contribution >= 0.6 is 11.3 Å². The van der Waals surface area contributed by atoms with Crippen molar-refractivity contribution < 1.29 is 9.59 Å². The van der Waals surface area contributed by atoms with Gasteiger partial charge < -0.3 is 10.6 Å². The van der Waals surface area contributed by atoms with E-state index in [4.69, 9.17) is 0 Å². The maximum atomic E-state index is 12.3. The lowest BCUT2D eigenvalue weighted by Gasteiger charge is -2.29. The van der Waals surface area contributed by atoms with Crippen molar-refractivity contribution in [1.82, 2.24) is 15.6 Å². The molecule has 25 heavy (non-hydrogen) atoms. The first-order valence-electron chi connectivity index (χ1n) is 9.65. The Hall–Kier alpha value is -1.43. The quantitative estimate of drug-likeness (QED) is 0.814. The molecule has 1 heterocycles. The zero-order valence-electron chi connectivity index (χ0n) is 14.8. The molecular weight excluding hydrogens is 334 g/mol. The van der Waals surface area contributed by atoms with Crippen LogP contribution < -0.4 is 10.6 Å². The molecule has 5 nitrogen and oxygen atoms in total. The maximum Gasteiger partial charge on any atom is 0.223 e. The third-order valence-electron chi connectivity index (χ3n) is 5.59. The monoisotopic (exact) mass is 363 g/mol. The SMILES string of the molecule is O=C(CC1CCCCC1)NC1CCC(C(=O)NCc2cscn2)CC1. The van der Waals surface area contributed by atoms with Crippen LogP contribution in [0.2, 0.25) is 0 Å². The molecule has 0 bridgehead atoms. The molecule has 138 valence electrons. The number of aromatic nitrogens is 1. The topological polar surface area (TPSA) is 71.1 Å². The Balaban J connectivity index is 1.33. The van der Waals surface area contributed by atoms with E-state index in [1.807, 2.05) is 5.38 Å². The molecule has 6 heteroatoms. The lowest BCUT2D eigenvalue weighted by Crippen LogP contribution is -2.41. The van der Waals surface area contributed by atoms with Crippen molar-refractivity contribution in [2.75, 3.05) is 0 Å². The summed E-state index contributed by atoms with van der Waals surface area (Å²) < 4.78 is 0. The van der Waals surface area contributed by atoms with E-state index >= 15 is 0 Å². The smallest absolute Gasteiger partial charge is 0.223 e. The van der Waals surface area contributed by atoms with Gasteiger partial charge in [-0.2, -0.15) is 0 Å². The van der Waals surface area contributed by atoms with Gasteiger partial charge in [0.2, 0.25) is 11.8 Å². The Morgan fingerprint density at radius 3 is 2.52 bits per heavy atom. The van der Waals surface area contributed by atoms with Crippen molar-refractivity contribution in [2.45, 2.75) is 76.8 Å². The minimum Gasteiger partial charge on any atom is -0.353 e. The lowest BCUT2D eigenvalue weighted by atomic mass is 9.84. The van der Waals surface area contributed by atoms with Crippen molar-refractivity contribution in [3.05, 3.63) is 16.6 Å². The zero-order valence-corrected chi connectivity index (χ0v) is 15.7. The fourth-order valence-corrected chi connectivity index (χ4v) is 4.65. The van der Waals surface area contributed by atoms with Crippen molar-refractivity contribution in [1.29, 1.82) is 0 Å².